The van der Waals surface area contributed by atoms with E-state index in [0.29, 0.717) is 16.4 Å². The third-order valence-corrected chi connectivity index (χ3v) is 3.98. The fourth-order valence-electron chi connectivity index (χ4n) is 2.35. The average Bonchev–Trinajstić information content (AvgIpc) is 2.59. The standard InChI is InChI=1S/C19H20ClN3O3/c1-13(24)22-16-7-9-17(10-8-16)23(14(2)25)12-19(26)21-11-15-5-3-4-6-18(15)20/h3-10H,11-12H2,1-2H3,(H,21,26)(H,22,24). The van der Waals surface area contributed by atoms with Crippen molar-refractivity contribution in [3.63, 3.8) is 0 Å². The highest BCUT2D eigenvalue weighted by atomic mass is 35.5. The average molecular weight is 374 g/mol. The molecule has 2 N–H and O–H groups in total. The maximum atomic E-state index is 12.2. The second-order valence-electron chi connectivity index (χ2n) is 5.70. The van der Waals surface area contributed by atoms with Gasteiger partial charge in [-0.05, 0) is 35.9 Å². The molecule has 0 fully saturated rings. The van der Waals surface area contributed by atoms with E-state index >= 15 is 0 Å². The Bertz CT molecular complexity index is 806. The summed E-state index contributed by atoms with van der Waals surface area (Å²) >= 11 is 6.06. The van der Waals surface area contributed by atoms with E-state index in [4.69, 9.17) is 11.6 Å². The van der Waals surface area contributed by atoms with E-state index in [2.05, 4.69) is 10.6 Å². The third kappa shape index (κ3) is 5.60. The van der Waals surface area contributed by atoms with Crippen molar-refractivity contribution < 1.29 is 14.4 Å². The van der Waals surface area contributed by atoms with Crippen molar-refractivity contribution in [3.05, 3.63) is 59.1 Å². The molecule has 6 nitrogen and oxygen atoms in total. The van der Waals surface area contributed by atoms with Gasteiger partial charge in [-0.25, -0.2) is 0 Å². The molecule has 0 radical (unpaired) electrons. The second kappa shape index (κ2) is 9.01. The summed E-state index contributed by atoms with van der Waals surface area (Å²) in [6.45, 7) is 2.98. The SMILES string of the molecule is CC(=O)Nc1ccc(N(CC(=O)NCc2ccccc2Cl)C(C)=O)cc1. The van der Waals surface area contributed by atoms with Crippen LogP contribution in [0.2, 0.25) is 5.02 Å². The van der Waals surface area contributed by atoms with Crippen molar-refractivity contribution >= 4 is 40.7 Å². The van der Waals surface area contributed by atoms with Crippen LogP contribution in [0.4, 0.5) is 11.4 Å². The van der Waals surface area contributed by atoms with Crippen molar-refractivity contribution in [1.82, 2.24) is 5.32 Å². The molecule has 2 rings (SSSR count). The van der Waals surface area contributed by atoms with Crippen LogP contribution < -0.4 is 15.5 Å². The smallest absolute Gasteiger partial charge is 0.240 e. The normalized spacial score (nSPS) is 10.1. The van der Waals surface area contributed by atoms with E-state index in [0.717, 1.165) is 5.56 Å². The Hall–Kier alpha value is -2.86. The van der Waals surface area contributed by atoms with Crippen LogP contribution in [0.5, 0.6) is 0 Å². The van der Waals surface area contributed by atoms with Crippen molar-refractivity contribution in [2.24, 2.45) is 0 Å². The Balaban J connectivity index is 2.01. The van der Waals surface area contributed by atoms with Gasteiger partial charge in [-0.15, -0.1) is 0 Å². The highest BCUT2D eigenvalue weighted by Crippen LogP contribution is 2.18. The Morgan fingerprint density at radius 3 is 2.23 bits per heavy atom. The molecule has 2 aromatic rings. The molecule has 0 saturated heterocycles. The second-order valence-corrected chi connectivity index (χ2v) is 6.11. The fraction of sp³-hybridized carbons (Fsp3) is 0.211. The molecule has 7 heteroatoms. The zero-order valence-electron chi connectivity index (χ0n) is 14.6. The van der Waals surface area contributed by atoms with Crippen LogP contribution in [-0.2, 0) is 20.9 Å². The molecule has 0 saturated carbocycles. The van der Waals surface area contributed by atoms with Crippen molar-refractivity contribution in [1.29, 1.82) is 0 Å². The van der Waals surface area contributed by atoms with Crippen LogP contribution in [0, 0.1) is 0 Å². The summed E-state index contributed by atoms with van der Waals surface area (Å²) in [7, 11) is 0. The number of carbonyl (C=O) groups is 3. The molecule has 0 spiro atoms. The lowest BCUT2D eigenvalue weighted by atomic mass is 10.2. The largest absolute Gasteiger partial charge is 0.350 e. The van der Waals surface area contributed by atoms with Crippen LogP contribution in [0.25, 0.3) is 0 Å². The molecular formula is C19H20ClN3O3. The van der Waals surface area contributed by atoms with Crippen LogP contribution >= 0.6 is 11.6 Å². The minimum atomic E-state index is -0.300. The number of halogens is 1. The van der Waals surface area contributed by atoms with E-state index < -0.39 is 0 Å². The van der Waals surface area contributed by atoms with Gasteiger partial charge in [0.2, 0.25) is 17.7 Å². The molecule has 0 atom stereocenters. The van der Waals surface area contributed by atoms with Crippen LogP contribution in [0.3, 0.4) is 0 Å². The quantitative estimate of drug-likeness (QED) is 0.817. The van der Waals surface area contributed by atoms with Crippen molar-refractivity contribution in [2.75, 3.05) is 16.8 Å². The van der Waals surface area contributed by atoms with E-state index in [9.17, 15) is 14.4 Å². The number of hydrogen-bond donors (Lipinski definition) is 2. The van der Waals surface area contributed by atoms with Gasteiger partial charge in [0.1, 0.15) is 6.54 Å². The Labute approximate surface area is 157 Å². The summed E-state index contributed by atoms with van der Waals surface area (Å²) in [5, 5.41) is 5.98. The summed E-state index contributed by atoms with van der Waals surface area (Å²) in [6, 6.07) is 13.9. The van der Waals surface area contributed by atoms with Crippen LogP contribution in [0.15, 0.2) is 48.5 Å². The summed E-state index contributed by atoms with van der Waals surface area (Å²) < 4.78 is 0. The monoisotopic (exact) mass is 373 g/mol. The van der Waals surface area contributed by atoms with Gasteiger partial charge in [-0.1, -0.05) is 29.8 Å². The lowest BCUT2D eigenvalue weighted by Gasteiger charge is -2.21. The lowest BCUT2D eigenvalue weighted by molar-refractivity contribution is -0.123. The summed E-state index contributed by atoms with van der Waals surface area (Å²) in [4.78, 5) is 36.6. The zero-order valence-corrected chi connectivity index (χ0v) is 15.3. The van der Waals surface area contributed by atoms with Gasteiger partial charge in [0.05, 0.1) is 0 Å². The first-order chi connectivity index (χ1) is 12.4. The molecular weight excluding hydrogens is 354 g/mol. The molecule has 136 valence electrons. The first-order valence-corrected chi connectivity index (χ1v) is 8.40. The van der Waals surface area contributed by atoms with Gasteiger partial charge < -0.3 is 15.5 Å². The molecule has 0 aliphatic heterocycles. The predicted octanol–water partition coefficient (Wildman–Crippen LogP) is 2.97. The van der Waals surface area contributed by atoms with E-state index in [1.807, 2.05) is 18.2 Å². The lowest BCUT2D eigenvalue weighted by Crippen LogP contribution is -2.39. The van der Waals surface area contributed by atoms with Gasteiger partial charge in [-0.2, -0.15) is 0 Å². The number of benzene rings is 2. The van der Waals surface area contributed by atoms with E-state index in [1.165, 1.54) is 18.7 Å². The number of nitrogens with one attached hydrogen (secondary N) is 2. The zero-order chi connectivity index (χ0) is 19.1. The molecule has 0 aromatic heterocycles. The van der Waals surface area contributed by atoms with Gasteiger partial charge in [0.25, 0.3) is 0 Å². The number of amides is 3. The predicted molar refractivity (Wildman–Crippen MR) is 102 cm³/mol. The minimum Gasteiger partial charge on any atom is -0.350 e. The van der Waals surface area contributed by atoms with Gasteiger partial charge in [0, 0.05) is 36.8 Å². The first-order valence-electron chi connectivity index (χ1n) is 8.02. The molecule has 3 amide bonds. The van der Waals surface area contributed by atoms with Gasteiger partial charge >= 0.3 is 0 Å². The highest BCUT2D eigenvalue weighted by molar-refractivity contribution is 6.31. The number of carbonyl (C=O) groups excluding carboxylic acids is 3. The Kier molecular flexibility index (Phi) is 6.74. The van der Waals surface area contributed by atoms with Gasteiger partial charge in [-0.3, -0.25) is 14.4 Å². The molecule has 0 unspecified atom stereocenters. The molecule has 2 aromatic carbocycles. The molecule has 0 heterocycles. The van der Waals surface area contributed by atoms with E-state index in [1.54, 1.807) is 30.3 Å². The van der Waals surface area contributed by atoms with Crippen LogP contribution in [-0.4, -0.2) is 24.3 Å². The van der Waals surface area contributed by atoms with E-state index in [-0.39, 0.29) is 30.8 Å². The fourth-order valence-corrected chi connectivity index (χ4v) is 2.55. The number of nitrogens with zero attached hydrogens (tertiary/aromatic N) is 1. The third-order valence-electron chi connectivity index (χ3n) is 3.62. The Morgan fingerprint density at radius 2 is 1.65 bits per heavy atom. The highest BCUT2D eigenvalue weighted by Gasteiger charge is 2.16. The van der Waals surface area contributed by atoms with Crippen molar-refractivity contribution in [3.8, 4) is 0 Å². The first kappa shape index (κ1) is 19.5. The topological polar surface area (TPSA) is 78.5 Å². The van der Waals surface area contributed by atoms with Crippen molar-refractivity contribution in [2.45, 2.75) is 20.4 Å². The molecule has 0 aliphatic rings. The number of anilines is 2. The summed E-state index contributed by atoms with van der Waals surface area (Å²) in [5.41, 5.74) is 1.99. The van der Waals surface area contributed by atoms with Gasteiger partial charge in [0.15, 0.2) is 0 Å². The maximum absolute atomic E-state index is 12.2. The Morgan fingerprint density at radius 1 is 1.00 bits per heavy atom. The number of hydrogen-bond acceptors (Lipinski definition) is 3. The molecule has 26 heavy (non-hydrogen) atoms. The summed E-state index contributed by atoms with van der Waals surface area (Å²) in [6.07, 6.45) is 0. The number of rotatable bonds is 6. The summed E-state index contributed by atoms with van der Waals surface area (Å²) in [5.74, 6) is -0.739. The van der Waals surface area contributed by atoms with Crippen LogP contribution in [0.1, 0.15) is 19.4 Å². The molecule has 0 bridgehead atoms. The molecule has 0 aliphatic carbocycles. The maximum Gasteiger partial charge on any atom is 0.240 e. The minimum absolute atomic E-state index is 0.112.